The molecule has 0 aliphatic rings. The van der Waals surface area contributed by atoms with Crippen molar-refractivity contribution < 1.29 is 19.1 Å². The zero-order valence-corrected chi connectivity index (χ0v) is 21.7. The van der Waals surface area contributed by atoms with Crippen LogP contribution in [0.15, 0.2) is 36.4 Å². The van der Waals surface area contributed by atoms with Gasteiger partial charge in [-0.15, -0.1) is 0 Å². The fraction of sp³-hybridized carbons (Fsp3) is 0.462. The van der Waals surface area contributed by atoms with Crippen molar-refractivity contribution in [3.05, 3.63) is 58.9 Å². The number of aliphatic hydroxyl groups excluding tert-OH is 1. The number of benzene rings is 2. The molecule has 7 heteroatoms. The molecule has 0 saturated carbocycles. The Balaban J connectivity index is 2.11. The van der Waals surface area contributed by atoms with Crippen molar-refractivity contribution in [1.29, 1.82) is 0 Å². The molecule has 2 aromatic carbocycles. The second-order valence-corrected chi connectivity index (χ2v) is 12.0. The van der Waals surface area contributed by atoms with Gasteiger partial charge < -0.3 is 19.3 Å². The van der Waals surface area contributed by atoms with Crippen LogP contribution in [0.2, 0.25) is 13.1 Å². The Morgan fingerprint density at radius 2 is 1.88 bits per heavy atom. The summed E-state index contributed by atoms with van der Waals surface area (Å²) in [5.74, 6) is 1.08. The first-order valence-corrected chi connectivity index (χ1v) is 14.5. The Bertz CT molecular complexity index is 1090. The van der Waals surface area contributed by atoms with Crippen LogP contribution in [-0.2, 0) is 27.8 Å². The van der Waals surface area contributed by atoms with Crippen molar-refractivity contribution in [3.63, 3.8) is 0 Å². The number of ether oxygens (including phenoxy) is 1. The molecule has 3 rings (SSSR count). The molecule has 3 aromatic rings. The predicted octanol–water partition coefficient (Wildman–Crippen LogP) is 4.99. The van der Waals surface area contributed by atoms with Gasteiger partial charge in [0.05, 0.1) is 30.2 Å². The van der Waals surface area contributed by atoms with Crippen molar-refractivity contribution >= 4 is 26.0 Å². The molecule has 0 bridgehead atoms. The fourth-order valence-electron chi connectivity index (χ4n) is 3.95. The number of hydrogen-bond donors (Lipinski definition) is 2. The molecule has 0 aliphatic heterocycles. The van der Waals surface area contributed by atoms with Gasteiger partial charge >= 0.3 is 5.97 Å². The lowest BCUT2D eigenvalue weighted by Crippen LogP contribution is -2.21. The van der Waals surface area contributed by atoms with Gasteiger partial charge in [-0.2, -0.15) is 0 Å². The van der Waals surface area contributed by atoms with Gasteiger partial charge in [0.25, 0.3) is 0 Å². The molecule has 33 heavy (non-hydrogen) atoms. The summed E-state index contributed by atoms with van der Waals surface area (Å²) >= 11 is 0. The van der Waals surface area contributed by atoms with E-state index in [0.29, 0.717) is 11.3 Å². The highest BCUT2D eigenvalue weighted by molar-refractivity contribution is 6.49. The topological polar surface area (TPSA) is 84.4 Å². The number of nitrogens with one attached hydrogen (secondary N) is 1. The van der Waals surface area contributed by atoms with Crippen LogP contribution in [0.4, 0.5) is 0 Å². The van der Waals surface area contributed by atoms with E-state index in [9.17, 15) is 9.90 Å². The molecular formula is C26H36N2O4Si. The van der Waals surface area contributed by atoms with Crippen LogP contribution in [0.1, 0.15) is 62.7 Å². The molecule has 2 N–H and O–H groups in total. The average molecular weight is 469 g/mol. The Kier molecular flexibility index (Phi) is 7.97. The summed E-state index contributed by atoms with van der Waals surface area (Å²) in [7, 11) is -1.50. The lowest BCUT2D eigenvalue weighted by Gasteiger charge is -2.28. The highest BCUT2D eigenvalue weighted by Gasteiger charge is 2.30. The van der Waals surface area contributed by atoms with Crippen LogP contribution < -0.4 is 4.43 Å². The first kappa shape index (κ1) is 25.0. The van der Waals surface area contributed by atoms with Gasteiger partial charge in [-0.1, -0.05) is 51.1 Å². The first-order valence-electron chi connectivity index (χ1n) is 11.7. The molecule has 0 fully saturated rings. The number of fused-ring (bicyclic) bond motifs is 1. The van der Waals surface area contributed by atoms with Crippen LogP contribution in [0.5, 0.6) is 5.75 Å². The van der Waals surface area contributed by atoms with Crippen LogP contribution in [-0.4, -0.2) is 36.7 Å². The summed E-state index contributed by atoms with van der Waals surface area (Å²) < 4.78 is 11.5. The number of nitrogens with zero attached hydrogens (tertiary/aromatic N) is 1. The molecular weight excluding hydrogens is 432 g/mol. The van der Waals surface area contributed by atoms with Crippen molar-refractivity contribution in [3.8, 4) is 5.75 Å². The molecule has 6 nitrogen and oxygen atoms in total. The van der Waals surface area contributed by atoms with Gasteiger partial charge in [0.1, 0.15) is 11.6 Å². The number of aromatic nitrogens is 2. The standard InChI is InChI=1S/C26H36N2O4Si/c1-7-31-22(30)16-20(29)23-24-19(15-18(26(2,3)4)25(23)32-33(5)6)27-21(28-24)14-13-17-11-9-8-10-12-17/h8-12,15,20,29,33H,7,13-14,16H2,1-6H3,(H,27,28). The van der Waals surface area contributed by atoms with Crippen LogP contribution in [0.25, 0.3) is 11.0 Å². The highest BCUT2D eigenvalue weighted by atomic mass is 28.3. The van der Waals surface area contributed by atoms with Gasteiger partial charge in [-0.25, -0.2) is 4.98 Å². The maximum atomic E-state index is 12.2. The summed E-state index contributed by atoms with van der Waals surface area (Å²) in [6.07, 6.45) is 0.409. The quantitative estimate of drug-likeness (QED) is 0.341. The molecule has 0 amide bonds. The molecule has 1 heterocycles. The fourth-order valence-corrected chi connectivity index (χ4v) is 4.68. The summed E-state index contributed by atoms with van der Waals surface area (Å²) in [5, 5.41) is 11.2. The summed E-state index contributed by atoms with van der Waals surface area (Å²) in [4.78, 5) is 20.5. The molecule has 0 radical (unpaired) electrons. The summed E-state index contributed by atoms with van der Waals surface area (Å²) in [6.45, 7) is 12.6. The van der Waals surface area contributed by atoms with Gasteiger partial charge in [-0.3, -0.25) is 4.79 Å². The molecule has 1 atom stereocenters. The Morgan fingerprint density at radius 1 is 1.18 bits per heavy atom. The van der Waals surface area contributed by atoms with Gasteiger partial charge in [0, 0.05) is 17.5 Å². The van der Waals surface area contributed by atoms with E-state index >= 15 is 0 Å². The molecule has 0 saturated heterocycles. The lowest BCUT2D eigenvalue weighted by atomic mass is 9.83. The van der Waals surface area contributed by atoms with E-state index < -0.39 is 21.1 Å². The van der Waals surface area contributed by atoms with E-state index in [2.05, 4.69) is 57.0 Å². The smallest absolute Gasteiger partial charge is 0.308 e. The van der Waals surface area contributed by atoms with Crippen LogP contribution >= 0.6 is 0 Å². The minimum atomic E-state index is -1.50. The number of esters is 1. The number of H-pyrrole nitrogens is 1. The second-order valence-electron chi connectivity index (χ2n) is 9.67. The Labute approximate surface area is 198 Å². The lowest BCUT2D eigenvalue weighted by molar-refractivity contribution is -0.145. The van der Waals surface area contributed by atoms with E-state index in [1.54, 1.807) is 6.92 Å². The highest BCUT2D eigenvalue weighted by Crippen LogP contribution is 2.42. The number of carbonyl (C=O) groups excluding carboxylic acids is 1. The van der Waals surface area contributed by atoms with Crippen molar-refractivity contribution in [2.75, 3.05) is 6.61 Å². The average Bonchev–Trinajstić information content (AvgIpc) is 3.14. The summed E-state index contributed by atoms with van der Waals surface area (Å²) in [5.41, 5.74) is 4.10. The molecule has 1 unspecified atom stereocenters. The number of hydrogen-bond acceptors (Lipinski definition) is 5. The monoisotopic (exact) mass is 468 g/mol. The maximum absolute atomic E-state index is 12.2. The number of aliphatic hydroxyl groups is 1. The molecule has 0 spiro atoms. The minimum absolute atomic E-state index is 0.134. The van der Waals surface area contributed by atoms with Crippen molar-refractivity contribution in [2.24, 2.45) is 0 Å². The third kappa shape index (κ3) is 6.24. The zero-order chi connectivity index (χ0) is 24.2. The molecule has 1 aromatic heterocycles. The first-order chi connectivity index (χ1) is 15.6. The van der Waals surface area contributed by atoms with Crippen LogP contribution in [0, 0.1) is 0 Å². The molecule has 0 aliphatic carbocycles. The van der Waals surface area contributed by atoms with Crippen molar-refractivity contribution in [1.82, 2.24) is 9.97 Å². The largest absolute Gasteiger partial charge is 0.546 e. The number of aromatic amines is 1. The second kappa shape index (κ2) is 10.5. The van der Waals surface area contributed by atoms with Gasteiger partial charge in [0.15, 0.2) is 0 Å². The minimum Gasteiger partial charge on any atom is -0.546 e. The van der Waals surface area contributed by atoms with E-state index in [1.807, 2.05) is 18.2 Å². The van der Waals surface area contributed by atoms with E-state index in [-0.39, 0.29) is 18.4 Å². The normalized spacial score (nSPS) is 12.8. The third-order valence-electron chi connectivity index (χ3n) is 5.47. The maximum Gasteiger partial charge on any atom is 0.308 e. The zero-order valence-electron chi connectivity index (χ0n) is 20.6. The Hall–Kier alpha value is -2.64. The van der Waals surface area contributed by atoms with E-state index in [0.717, 1.165) is 35.3 Å². The van der Waals surface area contributed by atoms with E-state index in [1.165, 1.54) is 5.56 Å². The third-order valence-corrected chi connectivity index (χ3v) is 6.18. The SMILES string of the molecule is CCOC(=O)CC(O)c1c(O[SiH](C)C)c(C(C)(C)C)cc2nc(CCc3ccccc3)[nH]c12. The number of aryl methyl sites for hydroxylation is 2. The van der Waals surface area contributed by atoms with Crippen LogP contribution in [0.3, 0.4) is 0 Å². The van der Waals surface area contributed by atoms with Crippen molar-refractivity contribution in [2.45, 2.75) is 71.6 Å². The van der Waals surface area contributed by atoms with Gasteiger partial charge in [-0.05, 0) is 43.5 Å². The number of carbonyl (C=O) groups is 1. The number of imidazole rings is 1. The van der Waals surface area contributed by atoms with E-state index in [4.69, 9.17) is 14.1 Å². The summed E-state index contributed by atoms with van der Waals surface area (Å²) in [6, 6.07) is 12.3. The molecule has 178 valence electrons. The predicted molar refractivity (Wildman–Crippen MR) is 134 cm³/mol. The number of rotatable bonds is 9. The Morgan fingerprint density at radius 3 is 2.48 bits per heavy atom. The van der Waals surface area contributed by atoms with Gasteiger partial charge in [0.2, 0.25) is 9.04 Å².